The molecule has 0 saturated heterocycles. The number of carbonyl (C=O) groups excluding carboxylic acids is 2. The van der Waals surface area contributed by atoms with E-state index in [9.17, 15) is 19.7 Å². The fraction of sp³-hybridized carbons (Fsp3) is 0.176. The van der Waals surface area contributed by atoms with Crippen molar-refractivity contribution >= 4 is 23.3 Å². The van der Waals surface area contributed by atoms with E-state index in [4.69, 9.17) is 9.47 Å². The number of nitro groups is 1. The monoisotopic (exact) mass is 344 g/mol. The van der Waals surface area contributed by atoms with Crippen molar-refractivity contribution in [1.82, 2.24) is 0 Å². The van der Waals surface area contributed by atoms with E-state index >= 15 is 0 Å². The number of nitrogens with zero attached hydrogens (tertiary/aromatic N) is 1. The van der Waals surface area contributed by atoms with Crippen LogP contribution in [-0.4, -0.2) is 30.0 Å². The van der Waals surface area contributed by atoms with Crippen LogP contribution in [0.3, 0.4) is 0 Å². The number of hydrogen-bond acceptors (Lipinski definition) is 6. The van der Waals surface area contributed by atoms with Crippen molar-refractivity contribution in [3.63, 3.8) is 0 Å². The number of hydrogen-bond donors (Lipinski definition) is 1. The van der Waals surface area contributed by atoms with E-state index in [-0.39, 0.29) is 11.3 Å². The molecule has 0 fully saturated rings. The van der Waals surface area contributed by atoms with E-state index in [1.165, 1.54) is 18.2 Å². The Bertz CT molecular complexity index is 773. The Hall–Kier alpha value is -3.42. The van der Waals surface area contributed by atoms with Gasteiger partial charge in [0.2, 0.25) is 0 Å². The van der Waals surface area contributed by atoms with Crippen molar-refractivity contribution in [3.8, 4) is 5.75 Å². The molecule has 0 bridgehead atoms. The van der Waals surface area contributed by atoms with Crippen LogP contribution in [0.2, 0.25) is 0 Å². The molecule has 0 unspecified atom stereocenters. The van der Waals surface area contributed by atoms with Crippen LogP contribution in [0, 0.1) is 10.1 Å². The second-order valence-corrected chi connectivity index (χ2v) is 4.89. The smallest absolute Gasteiger partial charge is 0.338 e. The molecule has 0 atom stereocenters. The molecule has 2 rings (SSSR count). The molecule has 0 spiro atoms. The lowest BCUT2D eigenvalue weighted by Crippen LogP contribution is -2.20. The van der Waals surface area contributed by atoms with E-state index in [2.05, 4.69) is 5.32 Å². The van der Waals surface area contributed by atoms with Gasteiger partial charge in [0, 0.05) is 17.8 Å². The summed E-state index contributed by atoms with van der Waals surface area (Å²) in [4.78, 5) is 33.7. The standard InChI is InChI=1S/C17H16N2O6/c1-2-24-15-8-6-13(7-9-15)18-16(20)11-25-17(21)12-4-3-5-14(10-12)19(22)23/h3-10H,2,11H2,1H3,(H,18,20). The average molecular weight is 344 g/mol. The van der Waals surface area contributed by atoms with E-state index in [1.807, 2.05) is 6.92 Å². The molecular weight excluding hydrogens is 328 g/mol. The summed E-state index contributed by atoms with van der Waals surface area (Å²) in [6.07, 6.45) is 0. The molecule has 2 aromatic rings. The minimum Gasteiger partial charge on any atom is -0.494 e. The third-order valence-electron chi connectivity index (χ3n) is 3.08. The maximum atomic E-state index is 11.9. The molecule has 1 amide bonds. The van der Waals surface area contributed by atoms with Gasteiger partial charge in [-0.25, -0.2) is 4.79 Å². The van der Waals surface area contributed by atoms with Crippen molar-refractivity contribution < 1.29 is 24.0 Å². The lowest BCUT2D eigenvalue weighted by atomic mass is 10.2. The summed E-state index contributed by atoms with van der Waals surface area (Å²) in [5, 5.41) is 13.3. The third kappa shape index (κ3) is 5.31. The van der Waals surface area contributed by atoms with Gasteiger partial charge < -0.3 is 14.8 Å². The lowest BCUT2D eigenvalue weighted by molar-refractivity contribution is -0.384. The first-order chi connectivity index (χ1) is 12.0. The highest BCUT2D eigenvalue weighted by molar-refractivity contribution is 5.95. The molecule has 0 heterocycles. The summed E-state index contributed by atoms with van der Waals surface area (Å²) in [5.41, 5.74) is 0.302. The number of rotatable bonds is 7. The summed E-state index contributed by atoms with van der Waals surface area (Å²) in [6.45, 7) is 1.90. The molecule has 8 heteroatoms. The molecule has 1 N–H and O–H groups in total. The van der Waals surface area contributed by atoms with Gasteiger partial charge in [0.1, 0.15) is 5.75 Å². The van der Waals surface area contributed by atoms with Crippen molar-refractivity contribution in [2.45, 2.75) is 6.92 Å². The zero-order valence-electron chi connectivity index (χ0n) is 13.4. The summed E-state index contributed by atoms with van der Waals surface area (Å²) in [7, 11) is 0. The van der Waals surface area contributed by atoms with Gasteiger partial charge >= 0.3 is 5.97 Å². The maximum absolute atomic E-state index is 11.9. The molecule has 25 heavy (non-hydrogen) atoms. The van der Waals surface area contributed by atoms with E-state index in [1.54, 1.807) is 24.3 Å². The van der Waals surface area contributed by atoms with Crippen molar-refractivity contribution in [1.29, 1.82) is 0 Å². The molecule has 8 nitrogen and oxygen atoms in total. The van der Waals surface area contributed by atoms with Gasteiger partial charge in [-0.1, -0.05) is 6.07 Å². The van der Waals surface area contributed by atoms with Gasteiger partial charge in [-0.3, -0.25) is 14.9 Å². The van der Waals surface area contributed by atoms with Crippen LogP contribution in [0.1, 0.15) is 17.3 Å². The average Bonchev–Trinajstić information content (AvgIpc) is 2.61. The van der Waals surface area contributed by atoms with E-state index in [0.29, 0.717) is 18.0 Å². The molecular formula is C17H16N2O6. The van der Waals surface area contributed by atoms with Gasteiger partial charge in [-0.2, -0.15) is 0 Å². The number of non-ortho nitro benzene ring substituents is 1. The SMILES string of the molecule is CCOc1ccc(NC(=O)COC(=O)c2cccc([N+](=O)[O-])c2)cc1. The number of esters is 1. The molecule has 130 valence electrons. The lowest BCUT2D eigenvalue weighted by Gasteiger charge is -2.08. The van der Waals surface area contributed by atoms with Gasteiger partial charge in [0.05, 0.1) is 17.1 Å². The number of ether oxygens (including phenoxy) is 2. The van der Waals surface area contributed by atoms with Crippen molar-refractivity contribution in [3.05, 3.63) is 64.2 Å². The summed E-state index contributed by atoms with van der Waals surface area (Å²) in [5.74, 6) is -0.661. The second kappa shape index (κ2) is 8.44. The number of nitro benzene ring substituents is 1. The fourth-order valence-electron chi connectivity index (χ4n) is 1.96. The molecule has 0 radical (unpaired) electrons. The molecule has 2 aromatic carbocycles. The Kier molecular flexibility index (Phi) is 6.05. The number of benzene rings is 2. The topological polar surface area (TPSA) is 108 Å². The zero-order chi connectivity index (χ0) is 18.2. The molecule has 0 aliphatic rings. The Morgan fingerprint density at radius 1 is 1.16 bits per heavy atom. The molecule has 0 aromatic heterocycles. The highest BCUT2D eigenvalue weighted by Gasteiger charge is 2.14. The minimum absolute atomic E-state index is 0.00284. The van der Waals surface area contributed by atoms with Gasteiger partial charge in [0.15, 0.2) is 6.61 Å². The zero-order valence-corrected chi connectivity index (χ0v) is 13.4. The number of nitrogens with one attached hydrogen (secondary N) is 1. The van der Waals surface area contributed by atoms with Crippen LogP contribution < -0.4 is 10.1 Å². The first-order valence-electron chi connectivity index (χ1n) is 7.44. The van der Waals surface area contributed by atoms with Crippen LogP contribution in [0.4, 0.5) is 11.4 Å². The van der Waals surface area contributed by atoms with Crippen LogP contribution in [0.5, 0.6) is 5.75 Å². The number of amides is 1. The highest BCUT2D eigenvalue weighted by atomic mass is 16.6. The Balaban J connectivity index is 1.87. The third-order valence-corrected chi connectivity index (χ3v) is 3.08. The van der Waals surface area contributed by atoms with Crippen LogP contribution in [0.15, 0.2) is 48.5 Å². The van der Waals surface area contributed by atoms with Crippen LogP contribution in [-0.2, 0) is 9.53 Å². The maximum Gasteiger partial charge on any atom is 0.338 e. The normalized spacial score (nSPS) is 9.96. The van der Waals surface area contributed by atoms with Gasteiger partial charge in [0.25, 0.3) is 11.6 Å². The van der Waals surface area contributed by atoms with Crippen molar-refractivity contribution in [2.75, 3.05) is 18.5 Å². The summed E-state index contributed by atoms with van der Waals surface area (Å²) in [6, 6.07) is 11.8. The second-order valence-electron chi connectivity index (χ2n) is 4.89. The Labute approximate surface area is 143 Å². The minimum atomic E-state index is -0.814. The summed E-state index contributed by atoms with van der Waals surface area (Å²) >= 11 is 0. The van der Waals surface area contributed by atoms with Crippen LogP contribution >= 0.6 is 0 Å². The quantitative estimate of drug-likeness (QED) is 0.470. The van der Waals surface area contributed by atoms with Crippen molar-refractivity contribution in [2.24, 2.45) is 0 Å². The van der Waals surface area contributed by atoms with Crippen LogP contribution in [0.25, 0.3) is 0 Å². The predicted octanol–water partition coefficient (Wildman–Crippen LogP) is 2.79. The Morgan fingerprint density at radius 3 is 2.52 bits per heavy atom. The number of anilines is 1. The first kappa shape index (κ1) is 17.9. The van der Waals surface area contributed by atoms with Gasteiger partial charge in [-0.05, 0) is 37.3 Å². The molecule has 0 saturated carbocycles. The largest absolute Gasteiger partial charge is 0.494 e. The predicted molar refractivity (Wildman–Crippen MR) is 89.6 cm³/mol. The number of carbonyl (C=O) groups is 2. The van der Waals surface area contributed by atoms with Gasteiger partial charge in [-0.15, -0.1) is 0 Å². The molecule has 0 aliphatic heterocycles. The molecule has 0 aliphatic carbocycles. The van der Waals surface area contributed by atoms with E-state index < -0.39 is 23.4 Å². The Morgan fingerprint density at radius 2 is 1.88 bits per heavy atom. The highest BCUT2D eigenvalue weighted by Crippen LogP contribution is 2.16. The van der Waals surface area contributed by atoms with E-state index in [0.717, 1.165) is 6.07 Å². The fourth-order valence-corrected chi connectivity index (χ4v) is 1.96. The first-order valence-corrected chi connectivity index (χ1v) is 7.44. The summed E-state index contributed by atoms with van der Waals surface area (Å²) < 4.78 is 10.2.